The summed E-state index contributed by atoms with van der Waals surface area (Å²) in [7, 11) is 0. The first-order valence-electron chi connectivity index (χ1n) is 9.31. The van der Waals surface area contributed by atoms with Gasteiger partial charge >= 0.3 is 12.1 Å². The molecule has 0 aliphatic heterocycles. The van der Waals surface area contributed by atoms with E-state index in [1.807, 2.05) is 0 Å². The maximum absolute atomic E-state index is 12.8. The third-order valence-corrected chi connectivity index (χ3v) is 4.53. The summed E-state index contributed by atoms with van der Waals surface area (Å²) >= 11 is 5.86. The highest BCUT2D eigenvalue weighted by Crippen LogP contribution is 2.37. The van der Waals surface area contributed by atoms with Gasteiger partial charge in [-0.2, -0.15) is 13.2 Å². The zero-order valence-electron chi connectivity index (χ0n) is 17.3. The van der Waals surface area contributed by atoms with Gasteiger partial charge in [0.05, 0.1) is 27.7 Å². The number of rotatable bonds is 9. The van der Waals surface area contributed by atoms with Crippen molar-refractivity contribution in [1.82, 2.24) is 0 Å². The van der Waals surface area contributed by atoms with Crippen LogP contribution in [-0.2, 0) is 20.4 Å². The molecule has 0 fully saturated rings. The third kappa shape index (κ3) is 6.79. The van der Waals surface area contributed by atoms with Crippen LogP contribution in [0.4, 0.5) is 18.9 Å². The first kappa shape index (κ1) is 25.9. The van der Waals surface area contributed by atoms with Crippen LogP contribution < -0.4 is 4.74 Å². The summed E-state index contributed by atoms with van der Waals surface area (Å²) < 4.78 is 54.2. The van der Waals surface area contributed by atoms with Gasteiger partial charge in [0.25, 0.3) is 5.69 Å². The van der Waals surface area contributed by atoms with Crippen LogP contribution in [0.15, 0.2) is 42.0 Å². The van der Waals surface area contributed by atoms with E-state index in [0.717, 1.165) is 30.3 Å². The number of hydrogen-bond acceptors (Lipinski definition) is 7. The summed E-state index contributed by atoms with van der Waals surface area (Å²) in [5.41, 5.74) is -2.12. The van der Waals surface area contributed by atoms with Gasteiger partial charge in [0.1, 0.15) is 23.0 Å². The van der Waals surface area contributed by atoms with Crippen molar-refractivity contribution in [2.75, 3.05) is 13.2 Å². The standard InChI is InChI=1S/C21H17ClF3NO7/c1-3-31-11-19(12(2)10-27)33-20(28)15-9-14(5-6-17(15)26(29)30)32-18-7-4-13(8-16(18)22)21(23,24)25/h4-9,19H,3,11H2,1-2H3. The lowest BCUT2D eigenvalue weighted by molar-refractivity contribution is -0.385. The Bertz CT molecular complexity index is 1100. The van der Waals surface area contributed by atoms with Gasteiger partial charge in [-0.15, -0.1) is 0 Å². The van der Waals surface area contributed by atoms with Crippen LogP contribution in [0.5, 0.6) is 11.5 Å². The van der Waals surface area contributed by atoms with E-state index in [9.17, 15) is 32.9 Å². The van der Waals surface area contributed by atoms with E-state index in [4.69, 9.17) is 25.8 Å². The Morgan fingerprint density at radius 3 is 2.48 bits per heavy atom. The number of carbonyl (C=O) groups is 1. The van der Waals surface area contributed by atoms with Gasteiger partial charge in [-0.3, -0.25) is 10.1 Å². The lowest BCUT2D eigenvalue weighted by Crippen LogP contribution is -2.25. The molecule has 0 radical (unpaired) electrons. The fraction of sp³-hybridized carbons (Fsp3) is 0.286. The number of esters is 1. The highest BCUT2D eigenvalue weighted by atomic mass is 35.5. The van der Waals surface area contributed by atoms with E-state index in [-0.39, 0.29) is 35.3 Å². The fourth-order valence-electron chi connectivity index (χ4n) is 2.52. The zero-order valence-corrected chi connectivity index (χ0v) is 18.0. The molecule has 0 aromatic heterocycles. The molecule has 2 rings (SSSR count). The molecule has 1 unspecified atom stereocenters. The number of carbonyl (C=O) groups excluding carboxylic acids is 2. The van der Waals surface area contributed by atoms with Gasteiger partial charge in [0.2, 0.25) is 0 Å². The monoisotopic (exact) mass is 487 g/mol. The van der Waals surface area contributed by atoms with Crippen molar-refractivity contribution in [1.29, 1.82) is 0 Å². The smallest absolute Gasteiger partial charge is 0.416 e. The molecule has 1 atom stereocenters. The maximum Gasteiger partial charge on any atom is 0.416 e. The fourth-order valence-corrected chi connectivity index (χ4v) is 2.74. The van der Waals surface area contributed by atoms with Crippen molar-refractivity contribution in [3.63, 3.8) is 0 Å². The number of hydrogen-bond donors (Lipinski definition) is 0. The number of halogens is 4. The summed E-state index contributed by atoms with van der Waals surface area (Å²) in [5.74, 6) is 0.141. The summed E-state index contributed by atoms with van der Waals surface area (Å²) in [6, 6.07) is 5.45. The van der Waals surface area contributed by atoms with E-state index in [0.29, 0.717) is 6.07 Å². The summed E-state index contributed by atoms with van der Waals surface area (Å²) in [6.45, 7) is 3.12. The van der Waals surface area contributed by atoms with Gasteiger partial charge in [0.15, 0.2) is 6.10 Å². The van der Waals surface area contributed by atoms with Crippen LogP contribution >= 0.6 is 11.6 Å². The van der Waals surface area contributed by atoms with Crippen molar-refractivity contribution < 1.29 is 41.9 Å². The Hall–Kier alpha value is -3.40. The molecule has 12 heteroatoms. The summed E-state index contributed by atoms with van der Waals surface area (Å²) in [4.78, 5) is 34.2. The molecule has 2 aromatic rings. The molecular weight excluding hydrogens is 471 g/mol. The second kappa shape index (κ2) is 11.0. The van der Waals surface area contributed by atoms with Gasteiger partial charge in [-0.05, 0) is 38.1 Å². The van der Waals surface area contributed by atoms with Crippen molar-refractivity contribution in [3.8, 4) is 11.5 Å². The molecule has 8 nitrogen and oxygen atoms in total. The Balaban J connectivity index is 2.37. The van der Waals surface area contributed by atoms with Crippen LogP contribution in [0, 0.1) is 10.1 Å². The topological polar surface area (TPSA) is 105 Å². The van der Waals surface area contributed by atoms with Crippen LogP contribution in [0.2, 0.25) is 5.02 Å². The van der Waals surface area contributed by atoms with Crippen LogP contribution in [0.1, 0.15) is 29.8 Å². The normalized spacial score (nSPS) is 11.9. The lowest BCUT2D eigenvalue weighted by atomic mass is 10.1. The molecule has 0 bridgehead atoms. The third-order valence-electron chi connectivity index (χ3n) is 4.24. The van der Waals surface area contributed by atoms with Gasteiger partial charge in [0, 0.05) is 18.7 Å². The molecule has 33 heavy (non-hydrogen) atoms. The van der Waals surface area contributed by atoms with Crippen molar-refractivity contribution in [3.05, 3.63) is 68.2 Å². The summed E-state index contributed by atoms with van der Waals surface area (Å²) in [6.07, 6.45) is -5.75. The predicted octanol–water partition coefficient (Wildman–Crippen LogP) is 5.40. The molecule has 0 saturated carbocycles. The van der Waals surface area contributed by atoms with E-state index in [1.54, 1.807) is 12.9 Å². The lowest BCUT2D eigenvalue weighted by Gasteiger charge is -2.17. The van der Waals surface area contributed by atoms with E-state index in [2.05, 4.69) is 0 Å². The van der Waals surface area contributed by atoms with Crippen molar-refractivity contribution in [2.24, 2.45) is 0 Å². The number of ether oxygens (including phenoxy) is 3. The average Bonchev–Trinajstić information content (AvgIpc) is 2.76. The molecule has 0 aliphatic rings. The van der Waals surface area contributed by atoms with E-state index in [1.165, 1.54) is 6.92 Å². The predicted molar refractivity (Wildman–Crippen MR) is 110 cm³/mol. The van der Waals surface area contributed by atoms with Gasteiger partial charge < -0.3 is 14.2 Å². The zero-order chi connectivity index (χ0) is 24.8. The minimum atomic E-state index is -4.61. The molecule has 0 spiro atoms. The molecule has 0 aliphatic carbocycles. The van der Waals surface area contributed by atoms with E-state index < -0.39 is 40.0 Å². The highest BCUT2D eigenvalue weighted by Gasteiger charge is 2.31. The maximum atomic E-state index is 12.8. The highest BCUT2D eigenvalue weighted by molar-refractivity contribution is 6.32. The van der Waals surface area contributed by atoms with E-state index >= 15 is 0 Å². The van der Waals surface area contributed by atoms with Crippen LogP contribution in [0.3, 0.4) is 0 Å². The Kier molecular flexibility index (Phi) is 8.58. The number of nitro groups is 1. The number of alkyl halides is 3. The molecule has 0 saturated heterocycles. The molecule has 0 N–H and O–H groups in total. The number of nitrogens with zero attached hydrogens (tertiary/aromatic N) is 1. The summed E-state index contributed by atoms with van der Waals surface area (Å²) in [5, 5.41) is 11.0. The Morgan fingerprint density at radius 2 is 1.94 bits per heavy atom. The molecule has 2 aromatic carbocycles. The largest absolute Gasteiger partial charge is 0.456 e. The number of benzene rings is 2. The first-order chi connectivity index (χ1) is 15.5. The minimum Gasteiger partial charge on any atom is -0.456 e. The molecule has 0 amide bonds. The molecule has 0 heterocycles. The Labute approximate surface area is 190 Å². The first-order valence-corrected chi connectivity index (χ1v) is 9.69. The van der Waals surface area contributed by atoms with Crippen LogP contribution in [0.25, 0.3) is 0 Å². The van der Waals surface area contributed by atoms with Crippen molar-refractivity contribution in [2.45, 2.75) is 26.1 Å². The SMILES string of the molecule is CCOCC(OC(=O)c1cc(Oc2ccc(C(F)(F)F)cc2Cl)ccc1[N+](=O)[O-])C(C)=C=O. The molecular formula is C21H17ClF3NO7. The van der Waals surface area contributed by atoms with Gasteiger partial charge in [-0.25, -0.2) is 9.59 Å². The average molecular weight is 488 g/mol. The second-order valence-electron chi connectivity index (χ2n) is 6.52. The van der Waals surface area contributed by atoms with Gasteiger partial charge in [-0.1, -0.05) is 11.6 Å². The Morgan fingerprint density at radius 1 is 1.24 bits per heavy atom. The van der Waals surface area contributed by atoms with Crippen LogP contribution in [-0.4, -0.2) is 36.2 Å². The second-order valence-corrected chi connectivity index (χ2v) is 6.93. The molecule has 176 valence electrons. The number of nitro benzene ring substituents is 1. The minimum absolute atomic E-state index is 0.00314. The van der Waals surface area contributed by atoms with Crippen molar-refractivity contribution >= 4 is 29.2 Å². The quantitative estimate of drug-likeness (QED) is 0.202.